The molecule has 0 aliphatic carbocycles. The van der Waals surface area contributed by atoms with E-state index >= 15 is 0 Å². The summed E-state index contributed by atoms with van der Waals surface area (Å²) in [5.74, 6) is 0.408. The average molecular weight is 385 g/mol. The first kappa shape index (κ1) is 18.7. The summed E-state index contributed by atoms with van der Waals surface area (Å²) < 4.78 is 3.62. The average Bonchev–Trinajstić information content (AvgIpc) is 3.43. The van der Waals surface area contributed by atoms with Crippen LogP contribution in [0, 0.1) is 0 Å². The van der Waals surface area contributed by atoms with Gasteiger partial charge in [-0.15, -0.1) is 5.10 Å². The Balaban J connectivity index is 1.56. The minimum Gasteiger partial charge on any atom is -0.346 e. The maximum absolute atomic E-state index is 12.9. The molecule has 2 aromatic carbocycles. The van der Waals surface area contributed by atoms with Gasteiger partial charge in [0.05, 0.1) is 6.54 Å². The Kier molecular flexibility index (Phi) is 5.52. The Bertz CT molecular complexity index is 1070. The summed E-state index contributed by atoms with van der Waals surface area (Å²) in [6.45, 7) is 3.10. The lowest BCUT2D eigenvalue weighted by atomic mass is 10.1. The molecule has 6 nitrogen and oxygen atoms in total. The Labute approximate surface area is 169 Å². The molecular weight excluding hydrogens is 362 g/mol. The maximum atomic E-state index is 12.9. The van der Waals surface area contributed by atoms with Crippen LogP contribution in [0.15, 0.2) is 79.1 Å². The van der Waals surface area contributed by atoms with Crippen LogP contribution in [0.1, 0.15) is 34.1 Å². The molecular formula is C23H23N5O. The molecule has 0 aliphatic rings. The molecule has 2 aromatic heterocycles. The molecule has 0 fully saturated rings. The van der Waals surface area contributed by atoms with Crippen LogP contribution in [0.4, 0.5) is 0 Å². The van der Waals surface area contributed by atoms with Gasteiger partial charge in [-0.3, -0.25) is 4.79 Å². The fourth-order valence-electron chi connectivity index (χ4n) is 3.21. The fraction of sp³-hybridized carbons (Fsp3) is 0.174. The van der Waals surface area contributed by atoms with Crippen LogP contribution in [-0.4, -0.2) is 25.5 Å². The highest BCUT2D eigenvalue weighted by molar-refractivity contribution is 5.95. The summed E-state index contributed by atoms with van der Waals surface area (Å²) in [6.07, 6.45) is 4.78. The lowest BCUT2D eigenvalue weighted by Crippen LogP contribution is -2.25. The van der Waals surface area contributed by atoms with Crippen molar-refractivity contribution in [2.45, 2.75) is 26.4 Å². The van der Waals surface area contributed by atoms with Crippen LogP contribution in [0.25, 0.3) is 5.82 Å². The van der Waals surface area contributed by atoms with E-state index in [1.165, 1.54) is 5.56 Å². The van der Waals surface area contributed by atoms with Crippen molar-refractivity contribution in [3.8, 4) is 5.82 Å². The number of hydrogen-bond donors (Lipinski definition) is 1. The number of amides is 1. The van der Waals surface area contributed by atoms with Crippen LogP contribution in [0.5, 0.6) is 0 Å². The quantitative estimate of drug-likeness (QED) is 0.529. The molecule has 0 saturated heterocycles. The lowest BCUT2D eigenvalue weighted by molar-refractivity contribution is 0.0946. The first-order chi connectivity index (χ1) is 14.2. The number of hydrogen-bond acceptors (Lipinski definition) is 3. The molecule has 0 radical (unpaired) electrons. The van der Waals surface area contributed by atoms with Crippen molar-refractivity contribution in [1.29, 1.82) is 0 Å². The van der Waals surface area contributed by atoms with Crippen molar-refractivity contribution >= 4 is 5.91 Å². The van der Waals surface area contributed by atoms with E-state index in [1.54, 1.807) is 4.68 Å². The molecule has 1 N–H and O–H groups in total. The van der Waals surface area contributed by atoms with Crippen molar-refractivity contribution in [2.24, 2.45) is 0 Å². The van der Waals surface area contributed by atoms with Crippen molar-refractivity contribution in [3.63, 3.8) is 0 Å². The number of carbonyl (C=O) groups excluding carboxylic acids is 1. The fourth-order valence-corrected chi connectivity index (χ4v) is 3.21. The third-order valence-corrected chi connectivity index (χ3v) is 4.83. The number of rotatable bonds is 7. The molecule has 4 aromatic rings. The minimum atomic E-state index is -0.243. The van der Waals surface area contributed by atoms with Crippen LogP contribution in [0.2, 0.25) is 0 Å². The molecule has 0 atom stereocenters. The van der Waals surface area contributed by atoms with Crippen LogP contribution in [-0.2, 0) is 19.5 Å². The molecule has 0 saturated carbocycles. The molecule has 0 aliphatic heterocycles. The smallest absolute Gasteiger partial charge is 0.276 e. The second kappa shape index (κ2) is 8.56. The maximum Gasteiger partial charge on any atom is 0.276 e. The molecule has 0 spiro atoms. The second-order valence-electron chi connectivity index (χ2n) is 6.85. The van der Waals surface area contributed by atoms with E-state index in [2.05, 4.69) is 34.7 Å². The van der Waals surface area contributed by atoms with Crippen LogP contribution < -0.4 is 5.32 Å². The van der Waals surface area contributed by atoms with Gasteiger partial charge >= 0.3 is 0 Å². The normalized spacial score (nSPS) is 10.8. The van der Waals surface area contributed by atoms with Gasteiger partial charge in [-0.1, -0.05) is 66.7 Å². The van der Waals surface area contributed by atoms with E-state index < -0.39 is 0 Å². The van der Waals surface area contributed by atoms with E-state index in [0.29, 0.717) is 24.6 Å². The number of carbonyl (C=O) groups is 1. The van der Waals surface area contributed by atoms with Crippen LogP contribution in [0.3, 0.4) is 0 Å². The summed E-state index contributed by atoms with van der Waals surface area (Å²) in [5.41, 5.74) is 3.73. The number of nitrogens with one attached hydrogen (secondary N) is 1. The molecule has 4 rings (SSSR count). The largest absolute Gasteiger partial charge is 0.346 e. The van der Waals surface area contributed by atoms with Crippen molar-refractivity contribution in [3.05, 3.63) is 102 Å². The molecule has 1 amide bonds. The Morgan fingerprint density at radius 2 is 1.59 bits per heavy atom. The minimum absolute atomic E-state index is 0.243. The summed E-state index contributed by atoms with van der Waals surface area (Å²) >= 11 is 0. The summed E-state index contributed by atoms with van der Waals surface area (Å²) in [7, 11) is 0. The van der Waals surface area contributed by atoms with Gasteiger partial charge in [0.25, 0.3) is 5.91 Å². The Morgan fingerprint density at radius 3 is 2.28 bits per heavy atom. The molecule has 29 heavy (non-hydrogen) atoms. The third kappa shape index (κ3) is 4.27. The number of aryl methyl sites for hydroxylation is 1. The predicted octanol–water partition coefficient (Wildman–Crippen LogP) is 3.61. The molecule has 2 heterocycles. The number of aromatic nitrogens is 4. The van der Waals surface area contributed by atoms with E-state index in [0.717, 1.165) is 17.5 Å². The van der Waals surface area contributed by atoms with E-state index in [-0.39, 0.29) is 5.91 Å². The van der Waals surface area contributed by atoms with Crippen molar-refractivity contribution in [1.82, 2.24) is 24.9 Å². The SMILES string of the molecule is CCc1ccc(CNC(=O)c2nnn(Cc3ccccc3)c2-n2cccc2)cc1. The summed E-state index contributed by atoms with van der Waals surface area (Å²) in [6, 6.07) is 22.1. The number of benzene rings is 2. The van der Waals surface area contributed by atoms with Gasteiger partial charge in [0, 0.05) is 18.9 Å². The summed E-state index contributed by atoms with van der Waals surface area (Å²) in [5, 5.41) is 11.4. The van der Waals surface area contributed by atoms with Gasteiger partial charge in [-0.25, -0.2) is 4.68 Å². The van der Waals surface area contributed by atoms with E-state index in [4.69, 9.17) is 0 Å². The molecule has 0 bridgehead atoms. The van der Waals surface area contributed by atoms with E-state index in [1.807, 2.05) is 71.6 Å². The van der Waals surface area contributed by atoms with Gasteiger partial charge in [-0.05, 0) is 35.2 Å². The second-order valence-corrected chi connectivity index (χ2v) is 6.85. The molecule has 146 valence electrons. The van der Waals surface area contributed by atoms with Crippen LogP contribution >= 0.6 is 0 Å². The Hall–Kier alpha value is -3.67. The summed E-state index contributed by atoms with van der Waals surface area (Å²) in [4.78, 5) is 12.9. The van der Waals surface area contributed by atoms with Gasteiger partial charge < -0.3 is 9.88 Å². The first-order valence-corrected chi connectivity index (χ1v) is 9.71. The first-order valence-electron chi connectivity index (χ1n) is 9.71. The predicted molar refractivity (Wildman–Crippen MR) is 112 cm³/mol. The van der Waals surface area contributed by atoms with Crippen molar-refractivity contribution < 1.29 is 4.79 Å². The molecule has 0 unspecified atom stereocenters. The number of nitrogens with zero attached hydrogens (tertiary/aromatic N) is 4. The van der Waals surface area contributed by atoms with Gasteiger partial charge in [-0.2, -0.15) is 0 Å². The highest BCUT2D eigenvalue weighted by Crippen LogP contribution is 2.15. The highest BCUT2D eigenvalue weighted by Gasteiger charge is 2.21. The highest BCUT2D eigenvalue weighted by atomic mass is 16.2. The zero-order valence-corrected chi connectivity index (χ0v) is 16.3. The standard InChI is InChI=1S/C23H23N5O/c1-2-18-10-12-19(13-11-18)16-24-22(29)21-23(27-14-6-7-15-27)28(26-25-21)17-20-8-4-3-5-9-20/h3-15H,2,16-17H2,1H3,(H,24,29). The van der Waals surface area contributed by atoms with Gasteiger partial charge in [0.15, 0.2) is 11.5 Å². The third-order valence-electron chi connectivity index (χ3n) is 4.83. The van der Waals surface area contributed by atoms with Crippen molar-refractivity contribution in [2.75, 3.05) is 0 Å². The topological polar surface area (TPSA) is 64.7 Å². The molecule has 6 heteroatoms. The monoisotopic (exact) mass is 385 g/mol. The zero-order chi connectivity index (χ0) is 20.1. The lowest BCUT2D eigenvalue weighted by Gasteiger charge is -2.10. The zero-order valence-electron chi connectivity index (χ0n) is 16.3. The van der Waals surface area contributed by atoms with E-state index in [9.17, 15) is 4.79 Å². The Morgan fingerprint density at radius 1 is 0.897 bits per heavy atom. The van der Waals surface area contributed by atoms with Gasteiger partial charge in [0.2, 0.25) is 0 Å². The van der Waals surface area contributed by atoms with Gasteiger partial charge in [0.1, 0.15) is 0 Å².